The summed E-state index contributed by atoms with van der Waals surface area (Å²) < 4.78 is 0.825. The fraction of sp³-hybridized carbons (Fsp3) is 0.200. The van der Waals surface area contributed by atoms with Crippen molar-refractivity contribution in [1.82, 2.24) is 10.2 Å². The van der Waals surface area contributed by atoms with Crippen LogP contribution in [0.4, 0.5) is 0 Å². The minimum Gasteiger partial charge on any atom is -0.137 e. The lowest BCUT2D eigenvalue weighted by Gasteiger charge is -2.00. The molecule has 4 heteroatoms. The smallest absolute Gasteiger partial charge is 0.137 e. The van der Waals surface area contributed by atoms with Gasteiger partial charge in [-0.05, 0) is 47.0 Å². The van der Waals surface area contributed by atoms with Crippen molar-refractivity contribution in [2.75, 3.05) is 0 Å². The number of aromatic nitrogens is 2. The van der Waals surface area contributed by atoms with Gasteiger partial charge in [-0.1, -0.05) is 23.5 Å². The molecule has 0 atom stereocenters. The number of aryl methyl sites for hydroxylation is 2. The minimum absolute atomic E-state index is 0.825. The molecular formula is C10H9BrN2S. The second-order valence-electron chi connectivity index (χ2n) is 3.16. The summed E-state index contributed by atoms with van der Waals surface area (Å²) in [6, 6.07) is 6.33. The number of hydrogen-bond donors (Lipinski definition) is 0. The molecule has 0 spiro atoms. The van der Waals surface area contributed by atoms with Gasteiger partial charge in [0, 0.05) is 5.56 Å². The molecule has 1 aromatic carbocycles. The van der Waals surface area contributed by atoms with Crippen LogP contribution in [-0.2, 0) is 0 Å². The standard InChI is InChI=1S/C10H9BrN2S/c1-6-3-4-8(5-7(6)2)9-12-13-10(11)14-9/h3-5H,1-2H3. The van der Waals surface area contributed by atoms with Crippen molar-refractivity contribution in [3.05, 3.63) is 33.2 Å². The fourth-order valence-corrected chi connectivity index (χ4v) is 2.30. The molecule has 72 valence electrons. The highest BCUT2D eigenvalue weighted by Gasteiger charge is 2.05. The first kappa shape index (κ1) is 9.80. The Hall–Kier alpha value is -0.740. The van der Waals surface area contributed by atoms with Gasteiger partial charge in [0.15, 0.2) is 3.92 Å². The van der Waals surface area contributed by atoms with Crippen LogP contribution in [0.15, 0.2) is 22.1 Å². The van der Waals surface area contributed by atoms with E-state index in [1.54, 1.807) is 11.3 Å². The zero-order valence-corrected chi connectivity index (χ0v) is 10.3. The van der Waals surface area contributed by atoms with Crippen LogP contribution in [0.25, 0.3) is 10.6 Å². The van der Waals surface area contributed by atoms with Crippen LogP contribution < -0.4 is 0 Å². The molecule has 0 fully saturated rings. The van der Waals surface area contributed by atoms with E-state index < -0.39 is 0 Å². The Balaban J connectivity index is 2.47. The average Bonchev–Trinajstić information content (AvgIpc) is 2.57. The largest absolute Gasteiger partial charge is 0.183 e. The minimum atomic E-state index is 0.825. The van der Waals surface area contributed by atoms with E-state index in [0.717, 1.165) is 14.5 Å². The molecule has 0 N–H and O–H groups in total. The van der Waals surface area contributed by atoms with E-state index in [1.165, 1.54) is 11.1 Å². The first-order chi connectivity index (χ1) is 6.66. The molecule has 0 bridgehead atoms. The van der Waals surface area contributed by atoms with Gasteiger partial charge >= 0.3 is 0 Å². The van der Waals surface area contributed by atoms with Crippen LogP contribution >= 0.6 is 27.3 Å². The molecule has 0 aliphatic carbocycles. The van der Waals surface area contributed by atoms with E-state index in [1.807, 2.05) is 0 Å². The lowest BCUT2D eigenvalue weighted by atomic mass is 10.1. The highest BCUT2D eigenvalue weighted by Crippen LogP contribution is 2.27. The van der Waals surface area contributed by atoms with Crippen LogP contribution in [0.5, 0.6) is 0 Å². The zero-order chi connectivity index (χ0) is 10.1. The van der Waals surface area contributed by atoms with Crippen molar-refractivity contribution in [2.45, 2.75) is 13.8 Å². The summed E-state index contributed by atoms with van der Waals surface area (Å²) in [5.41, 5.74) is 3.72. The van der Waals surface area contributed by atoms with Gasteiger partial charge in [0.2, 0.25) is 0 Å². The second-order valence-corrected chi connectivity index (χ2v) is 5.41. The molecule has 2 aromatic rings. The molecule has 0 saturated heterocycles. The number of halogens is 1. The van der Waals surface area contributed by atoms with E-state index in [9.17, 15) is 0 Å². The quantitative estimate of drug-likeness (QED) is 0.790. The summed E-state index contributed by atoms with van der Waals surface area (Å²) in [5.74, 6) is 0. The maximum absolute atomic E-state index is 4.08. The van der Waals surface area contributed by atoms with Gasteiger partial charge in [-0.15, -0.1) is 10.2 Å². The van der Waals surface area contributed by atoms with Gasteiger partial charge in [0.25, 0.3) is 0 Å². The van der Waals surface area contributed by atoms with Gasteiger partial charge in [0.05, 0.1) is 0 Å². The molecule has 0 aliphatic rings. The third-order valence-electron chi connectivity index (χ3n) is 2.15. The van der Waals surface area contributed by atoms with Crippen LogP contribution in [0.1, 0.15) is 11.1 Å². The lowest BCUT2D eigenvalue weighted by molar-refractivity contribution is 1.07. The van der Waals surface area contributed by atoms with Crippen molar-refractivity contribution >= 4 is 27.3 Å². The molecule has 14 heavy (non-hydrogen) atoms. The van der Waals surface area contributed by atoms with Crippen molar-refractivity contribution in [3.8, 4) is 10.6 Å². The van der Waals surface area contributed by atoms with E-state index in [2.05, 4.69) is 58.2 Å². The Labute approximate surface area is 95.1 Å². The predicted molar refractivity (Wildman–Crippen MR) is 62.5 cm³/mol. The lowest BCUT2D eigenvalue weighted by Crippen LogP contribution is -1.82. The summed E-state index contributed by atoms with van der Waals surface area (Å²) >= 11 is 4.86. The van der Waals surface area contributed by atoms with Gasteiger partial charge in [-0.3, -0.25) is 0 Å². The first-order valence-corrected chi connectivity index (χ1v) is 5.84. The number of nitrogens with zero attached hydrogens (tertiary/aromatic N) is 2. The van der Waals surface area contributed by atoms with Crippen LogP contribution in [-0.4, -0.2) is 10.2 Å². The van der Waals surface area contributed by atoms with Crippen LogP contribution in [0, 0.1) is 13.8 Å². The average molecular weight is 269 g/mol. The molecule has 2 rings (SSSR count). The SMILES string of the molecule is Cc1ccc(-c2nnc(Br)s2)cc1C. The predicted octanol–water partition coefficient (Wildman–Crippen LogP) is 3.58. The highest BCUT2D eigenvalue weighted by atomic mass is 79.9. The molecule has 1 aromatic heterocycles. The summed E-state index contributed by atoms with van der Waals surface area (Å²) in [7, 11) is 0. The van der Waals surface area contributed by atoms with Crippen molar-refractivity contribution in [1.29, 1.82) is 0 Å². The highest BCUT2D eigenvalue weighted by molar-refractivity contribution is 9.11. The summed E-state index contributed by atoms with van der Waals surface area (Å²) in [6.07, 6.45) is 0. The van der Waals surface area contributed by atoms with E-state index in [-0.39, 0.29) is 0 Å². The summed E-state index contributed by atoms with van der Waals surface area (Å²) in [5, 5.41) is 8.97. The topological polar surface area (TPSA) is 25.8 Å². The Bertz CT molecular complexity index is 465. The third-order valence-corrected chi connectivity index (χ3v) is 3.56. The summed E-state index contributed by atoms with van der Waals surface area (Å²) in [6.45, 7) is 4.21. The monoisotopic (exact) mass is 268 g/mol. The van der Waals surface area contributed by atoms with E-state index in [4.69, 9.17) is 0 Å². The van der Waals surface area contributed by atoms with Crippen molar-refractivity contribution in [2.24, 2.45) is 0 Å². The van der Waals surface area contributed by atoms with Gasteiger partial charge in [-0.2, -0.15) is 0 Å². The van der Waals surface area contributed by atoms with Crippen molar-refractivity contribution in [3.63, 3.8) is 0 Å². The zero-order valence-electron chi connectivity index (χ0n) is 7.91. The molecule has 0 amide bonds. The fourth-order valence-electron chi connectivity index (χ4n) is 1.20. The Morgan fingerprint density at radius 3 is 2.50 bits per heavy atom. The van der Waals surface area contributed by atoms with Crippen LogP contribution in [0.3, 0.4) is 0 Å². The van der Waals surface area contributed by atoms with Crippen LogP contribution in [0.2, 0.25) is 0 Å². The Morgan fingerprint density at radius 2 is 1.93 bits per heavy atom. The van der Waals surface area contributed by atoms with E-state index in [0.29, 0.717) is 0 Å². The van der Waals surface area contributed by atoms with Gasteiger partial charge in [-0.25, -0.2) is 0 Å². The van der Waals surface area contributed by atoms with Gasteiger partial charge < -0.3 is 0 Å². The summed E-state index contributed by atoms with van der Waals surface area (Å²) in [4.78, 5) is 0. The molecular weight excluding hydrogens is 260 g/mol. The normalized spacial score (nSPS) is 10.5. The molecule has 0 saturated carbocycles. The molecule has 0 unspecified atom stereocenters. The second kappa shape index (κ2) is 3.79. The molecule has 0 aliphatic heterocycles. The molecule has 2 nitrogen and oxygen atoms in total. The number of benzene rings is 1. The number of hydrogen-bond acceptors (Lipinski definition) is 3. The molecule has 0 radical (unpaired) electrons. The first-order valence-electron chi connectivity index (χ1n) is 4.23. The Morgan fingerprint density at radius 1 is 1.14 bits per heavy atom. The van der Waals surface area contributed by atoms with E-state index >= 15 is 0 Å². The third kappa shape index (κ3) is 1.86. The maximum Gasteiger partial charge on any atom is 0.183 e. The Kier molecular flexibility index (Phi) is 2.65. The van der Waals surface area contributed by atoms with Gasteiger partial charge in [0.1, 0.15) is 5.01 Å². The van der Waals surface area contributed by atoms with Crippen molar-refractivity contribution < 1.29 is 0 Å². The number of rotatable bonds is 1. The maximum atomic E-state index is 4.08. The molecule has 1 heterocycles.